The molecule has 2 rings (SSSR count). The predicted octanol–water partition coefficient (Wildman–Crippen LogP) is 3.59. The highest BCUT2D eigenvalue weighted by atomic mass is 19.1. The molecule has 0 amide bonds. The maximum Gasteiger partial charge on any atom is 0.123 e. The molecule has 1 aliphatic carbocycles. The molecule has 0 saturated carbocycles. The first-order valence-electron chi connectivity index (χ1n) is 6.88. The SMILES string of the molecule is CC1=CC(C)CC(C(CO)Nc2ccc(F)cc2)C1. The Balaban J connectivity index is 2.04. The molecule has 3 atom stereocenters. The van der Waals surface area contributed by atoms with E-state index in [1.807, 2.05) is 0 Å². The zero-order chi connectivity index (χ0) is 13.8. The minimum atomic E-state index is -0.240. The Morgan fingerprint density at radius 1 is 1.37 bits per heavy atom. The molecule has 0 spiro atoms. The van der Waals surface area contributed by atoms with E-state index < -0.39 is 0 Å². The van der Waals surface area contributed by atoms with Gasteiger partial charge < -0.3 is 10.4 Å². The predicted molar refractivity (Wildman–Crippen MR) is 76.5 cm³/mol. The Kier molecular flexibility index (Phi) is 4.59. The number of allylic oxidation sites excluding steroid dienone is 2. The van der Waals surface area contributed by atoms with E-state index in [9.17, 15) is 9.50 Å². The lowest BCUT2D eigenvalue weighted by molar-refractivity contribution is 0.220. The summed E-state index contributed by atoms with van der Waals surface area (Å²) < 4.78 is 12.9. The highest BCUT2D eigenvalue weighted by Gasteiger charge is 2.25. The number of benzene rings is 1. The van der Waals surface area contributed by atoms with E-state index in [1.54, 1.807) is 12.1 Å². The first-order valence-corrected chi connectivity index (χ1v) is 6.88. The summed E-state index contributed by atoms with van der Waals surface area (Å²) in [5.74, 6) is 0.744. The molecule has 0 aliphatic heterocycles. The van der Waals surface area contributed by atoms with Crippen LogP contribution < -0.4 is 5.32 Å². The van der Waals surface area contributed by atoms with Gasteiger partial charge in [-0.15, -0.1) is 0 Å². The summed E-state index contributed by atoms with van der Waals surface area (Å²) in [6.07, 6.45) is 4.41. The van der Waals surface area contributed by atoms with Crippen molar-refractivity contribution in [1.29, 1.82) is 0 Å². The van der Waals surface area contributed by atoms with Gasteiger partial charge in [-0.1, -0.05) is 18.6 Å². The molecule has 1 aromatic carbocycles. The summed E-state index contributed by atoms with van der Waals surface area (Å²) in [5, 5.41) is 12.9. The van der Waals surface area contributed by atoms with Crippen molar-refractivity contribution in [3.63, 3.8) is 0 Å². The van der Waals surface area contributed by atoms with Gasteiger partial charge in [0.05, 0.1) is 12.6 Å². The first-order chi connectivity index (χ1) is 9.08. The zero-order valence-electron chi connectivity index (χ0n) is 11.6. The van der Waals surface area contributed by atoms with Crippen LogP contribution in [0.5, 0.6) is 0 Å². The third-order valence-electron chi connectivity index (χ3n) is 3.79. The minimum Gasteiger partial charge on any atom is -0.394 e. The molecule has 2 N–H and O–H groups in total. The lowest BCUT2D eigenvalue weighted by atomic mass is 9.79. The molecule has 19 heavy (non-hydrogen) atoms. The number of hydrogen-bond donors (Lipinski definition) is 2. The van der Waals surface area contributed by atoms with Gasteiger partial charge in [0, 0.05) is 5.69 Å². The number of aliphatic hydroxyl groups is 1. The smallest absolute Gasteiger partial charge is 0.123 e. The number of hydrogen-bond acceptors (Lipinski definition) is 2. The van der Waals surface area contributed by atoms with Crippen molar-refractivity contribution in [3.05, 3.63) is 41.7 Å². The van der Waals surface area contributed by atoms with Gasteiger partial charge in [-0.25, -0.2) is 4.39 Å². The minimum absolute atomic E-state index is 0.0246. The molecule has 104 valence electrons. The quantitative estimate of drug-likeness (QED) is 0.814. The zero-order valence-corrected chi connectivity index (χ0v) is 11.6. The van der Waals surface area contributed by atoms with Crippen LogP contribution in [0.1, 0.15) is 26.7 Å². The average Bonchev–Trinajstić information content (AvgIpc) is 2.37. The van der Waals surface area contributed by atoms with Crippen molar-refractivity contribution in [1.82, 2.24) is 0 Å². The number of aliphatic hydroxyl groups excluding tert-OH is 1. The third kappa shape index (κ3) is 3.80. The van der Waals surface area contributed by atoms with Crippen LogP contribution in [0.25, 0.3) is 0 Å². The number of rotatable bonds is 4. The molecule has 2 nitrogen and oxygen atoms in total. The summed E-state index contributed by atoms with van der Waals surface area (Å²) in [4.78, 5) is 0. The molecule has 1 aromatic rings. The topological polar surface area (TPSA) is 32.3 Å². The second kappa shape index (κ2) is 6.20. The molecule has 3 heteroatoms. The largest absolute Gasteiger partial charge is 0.394 e. The van der Waals surface area contributed by atoms with Crippen molar-refractivity contribution < 1.29 is 9.50 Å². The standard InChI is InChI=1S/C16H22FNO/c1-11-7-12(2)9-13(8-11)16(10-19)18-15-5-3-14(17)4-6-15/h3-7,11,13,16,18-19H,8-10H2,1-2H3. The Morgan fingerprint density at radius 3 is 2.63 bits per heavy atom. The van der Waals surface area contributed by atoms with Crippen molar-refractivity contribution in [2.75, 3.05) is 11.9 Å². The lowest BCUT2D eigenvalue weighted by Gasteiger charge is -2.32. The van der Waals surface area contributed by atoms with Crippen molar-refractivity contribution >= 4 is 5.69 Å². The van der Waals surface area contributed by atoms with Crippen molar-refractivity contribution in [2.24, 2.45) is 11.8 Å². The van der Waals surface area contributed by atoms with Gasteiger partial charge in [-0.05, 0) is 55.9 Å². The second-order valence-corrected chi connectivity index (χ2v) is 5.63. The summed E-state index contributed by atoms with van der Waals surface area (Å²) in [5.41, 5.74) is 2.25. The number of nitrogens with one attached hydrogen (secondary N) is 1. The van der Waals surface area contributed by atoms with E-state index in [-0.39, 0.29) is 18.5 Å². The van der Waals surface area contributed by atoms with Gasteiger partial charge >= 0.3 is 0 Å². The van der Waals surface area contributed by atoms with Crippen LogP contribution in [0.4, 0.5) is 10.1 Å². The van der Waals surface area contributed by atoms with E-state index in [0.29, 0.717) is 11.8 Å². The Morgan fingerprint density at radius 2 is 2.05 bits per heavy atom. The molecule has 0 saturated heterocycles. The maximum absolute atomic E-state index is 12.9. The Labute approximate surface area is 114 Å². The van der Waals surface area contributed by atoms with Crippen LogP contribution in [-0.2, 0) is 0 Å². The van der Waals surface area contributed by atoms with Crippen molar-refractivity contribution in [2.45, 2.75) is 32.7 Å². The van der Waals surface area contributed by atoms with Gasteiger partial charge in [0.25, 0.3) is 0 Å². The van der Waals surface area contributed by atoms with Crippen LogP contribution >= 0.6 is 0 Å². The third-order valence-corrected chi connectivity index (χ3v) is 3.79. The average molecular weight is 263 g/mol. The molecule has 3 unspecified atom stereocenters. The lowest BCUT2D eigenvalue weighted by Crippen LogP contribution is -2.35. The number of halogens is 1. The number of anilines is 1. The maximum atomic E-state index is 12.9. The van der Waals surface area contributed by atoms with Crippen molar-refractivity contribution in [3.8, 4) is 0 Å². The fraction of sp³-hybridized carbons (Fsp3) is 0.500. The molecule has 0 aromatic heterocycles. The van der Waals surface area contributed by atoms with E-state index in [0.717, 1.165) is 18.5 Å². The van der Waals surface area contributed by atoms with Crippen LogP contribution in [0, 0.1) is 17.7 Å². The summed E-state index contributed by atoms with van der Waals surface area (Å²) in [6.45, 7) is 4.46. The van der Waals surface area contributed by atoms with Crippen LogP contribution in [0.3, 0.4) is 0 Å². The normalized spacial score (nSPS) is 24.7. The fourth-order valence-corrected chi connectivity index (χ4v) is 2.98. The monoisotopic (exact) mass is 263 g/mol. The van der Waals surface area contributed by atoms with Crippen LogP contribution in [0.2, 0.25) is 0 Å². The van der Waals surface area contributed by atoms with E-state index in [4.69, 9.17) is 0 Å². The summed E-state index contributed by atoms with van der Waals surface area (Å²) in [7, 11) is 0. The Hall–Kier alpha value is -1.35. The van der Waals surface area contributed by atoms with E-state index in [2.05, 4.69) is 25.2 Å². The molecule has 0 radical (unpaired) electrons. The van der Waals surface area contributed by atoms with Gasteiger partial charge in [0.2, 0.25) is 0 Å². The molecule has 0 heterocycles. The molecule has 0 bridgehead atoms. The van der Waals surface area contributed by atoms with E-state index >= 15 is 0 Å². The summed E-state index contributed by atoms with van der Waals surface area (Å²) >= 11 is 0. The van der Waals surface area contributed by atoms with Gasteiger partial charge in [0.15, 0.2) is 0 Å². The van der Waals surface area contributed by atoms with Gasteiger partial charge in [-0.3, -0.25) is 0 Å². The Bertz CT molecular complexity index is 441. The first kappa shape index (κ1) is 14.1. The van der Waals surface area contributed by atoms with Gasteiger partial charge in [0.1, 0.15) is 5.82 Å². The fourth-order valence-electron chi connectivity index (χ4n) is 2.98. The summed E-state index contributed by atoms with van der Waals surface area (Å²) in [6, 6.07) is 6.33. The molecular formula is C16H22FNO. The van der Waals surface area contributed by atoms with E-state index in [1.165, 1.54) is 17.7 Å². The molecule has 1 aliphatic rings. The van der Waals surface area contributed by atoms with Crippen LogP contribution in [0.15, 0.2) is 35.9 Å². The highest BCUT2D eigenvalue weighted by molar-refractivity contribution is 5.44. The van der Waals surface area contributed by atoms with Crippen LogP contribution in [-0.4, -0.2) is 17.8 Å². The highest BCUT2D eigenvalue weighted by Crippen LogP contribution is 2.31. The molecule has 0 fully saturated rings. The van der Waals surface area contributed by atoms with Gasteiger partial charge in [-0.2, -0.15) is 0 Å². The molecular weight excluding hydrogens is 241 g/mol. The second-order valence-electron chi connectivity index (χ2n) is 5.63.